The molecule has 68 valence electrons. The first-order valence-corrected chi connectivity index (χ1v) is 4.23. The van der Waals surface area contributed by atoms with Gasteiger partial charge in [-0.2, -0.15) is 0 Å². The molecular weight excluding hydrogens is 156 g/mol. The summed E-state index contributed by atoms with van der Waals surface area (Å²) in [5.74, 6) is -0.625. The summed E-state index contributed by atoms with van der Waals surface area (Å²) in [5, 5.41) is 0. The van der Waals surface area contributed by atoms with Crippen LogP contribution in [0.1, 0.15) is 27.2 Å². The van der Waals surface area contributed by atoms with Gasteiger partial charge in [-0.05, 0) is 12.8 Å². The van der Waals surface area contributed by atoms with Crippen LogP contribution in [-0.4, -0.2) is 17.9 Å². The third kappa shape index (κ3) is 1.65. The third-order valence-electron chi connectivity index (χ3n) is 2.25. The van der Waals surface area contributed by atoms with Crippen LogP contribution in [0.3, 0.4) is 0 Å². The van der Waals surface area contributed by atoms with Crippen molar-refractivity contribution in [1.82, 2.24) is 0 Å². The Bertz CT molecular complexity index is 208. The van der Waals surface area contributed by atoms with E-state index in [0.717, 1.165) is 0 Å². The normalized spacial score (nSPS) is 29.2. The predicted octanol–water partition coefficient (Wildman–Crippen LogP) is 1.16. The Balaban J connectivity index is 2.62. The molecule has 0 unspecified atom stereocenters. The van der Waals surface area contributed by atoms with E-state index in [1.54, 1.807) is 0 Å². The Morgan fingerprint density at radius 1 is 1.58 bits per heavy atom. The van der Waals surface area contributed by atoms with Crippen LogP contribution in [0.2, 0.25) is 0 Å². The van der Waals surface area contributed by atoms with Crippen molar-refractivity contribution < 1.29 is 14.3 Å². The maximum Gasteiger partial charge on any atom is 0.316 e. The Morgan fingerprint density at radius 2 is 2.17 bits per heavy atom. The highest BCUT2D eigenvalue weighted by atomic mass is 16.6. The minimum Gasteiger partial charge on any atom is -0.462 e. The van der Waals surface area contributed by atoms with Gasteiger partial charge in [0.05, 0.1) is 0 Å². The molecule has 1 saturated heterocycles. The standard InChI is InChI=1S/C9H14O3/c1-5(2)8-4-7(6(3)10)9(11)12-8/h5,7-8H,4H2,1-3H3/t7-,8-/m1/s1. The van der Waals surface area contributed by atoms with Gasteiger partial charge >= 0.3 is 5.97 Å². The van der Waals surface area contributed by atoms with Crippen molar-refractivity contribution in [1.29, 1.82) is 0 Å². The molecule has 0 aromatic carbocycles. The summed E-state index contributed by atoms with van der Waals surface area (Å²) in [6.45, 7) is 5.41. The van der Waals surface area contributed by atoms with Crippen molar-refractivity contribution in [2.24, 2.45) is 11.8 Å². The molecule has 0 aromatic heterocycles. The number of cyclic esters (lactones) is 1. The second-order valence-corrected chi connectivity index (χ2v) is 3.62. The van der Waals surface area contributed by atoms with Gasteiger partial charge in [0, 0.05) is 6.42 Å². The van der Waals surface area contributed by atoms with Crippen LogP contribution in [0.15, 0.2) is 0 Å². The smallest absolute Gasteiger partial charge is 0.316 e. The number of ketones is 1. The molecule has 0 aromatic rings. The third-order valence-corrected chi connectivity index (χ3v) is 2.25. The summed E-state index contributed by atoms with van der Waals surface area (Å²) in [7, 11) is 0. The van der Waals surface area contributed by atoms with E-state index in [9.17, 15) is 9.59 Å². The van der Waals surface area contributed by atoms with Crippen molar-refractivity contribution >= 4 is 11.8 Å². The average molecular weight is 170 g/mol. The van der Waals surface area contributed by atoms with Crippen LogP contribution in [0.5, 0.6) is 0 Å². The van der Waals surface area contributed by atoms with Crippen molar-refractivity contribution in [3.8, 4) is 0 Å². The van der Waals surface area contributed by atoms with Gasteiger partial charge in [0.25, 0.3) is 0 Å². The highest BCUT2D eigenvalue weighted by molar-refractivity contribution is 5.98. The largest absolute Gasteiger partial charge is 0.462 e. The maximum atomic E-state index is 11.1. The predicted molar refractivity (Wildman–Crippen MR) is 43.5 cm³/mol. The summed E-state index contributed by atoms with van der Waals surface area (Å²) in [6, 6.07) is 0. The van der Waals surface area contributed by atoms with Crippen LogP contribution in [-0.2, 0) is 14.3 Å². The number of ether oxygens (including phenoxy) is 1. The molecule has 1 fully saturated rings. The SMILES string of the molecule is CC(=O)[C@H]1C[C@H](C(C)C)OC1=O. The lowest BCUT2D eigenvalue weighted by Crippen LogP contribution is -2.15. The zero-order chi connectivity index (χ0) is 9.30. The lowest BCUT2D eigenvalue weighted by molar-refractivity contribution is -0.147. The van der Waals surface area contributed by atoms with Gasteiger partial charge in [0.2, 0.25) is 0 Å². The van der Waals surface area contributed by atoms with Crippen molar-refractivity contribution in [3.63, 3.8) is 0 Å². The van der Waals surface area contributed by atoms with E-state index in [1.807, 2.05) is 13.8 Å². The quantitative estimate of drug-likeness (QED) is 0.461. The average Bonchev–Trinajstić information content (AvgIpc) is 2.30. The van der Waals surface area contributed by atoms with Crippen molar-refractivity contribution in [3.05, 3.63) is 0 Å². The number of esters is 1. The van der Waals surface area contributed by atoms with Gasteiger partial charge in [-0.15, -0.1) is 0 Å². The summed E-state index contributed by atoms with van der Waals surface area (Å²) in [5.41, 5.74) is 0. The molecule has 0 amide bonds. The van der Waals surface area contributed by atoms with Gasteiger partial charge < -0.3 is 4.74 Å². The van der Waals surface area contributed by atoms with Crippen LogP contribution in [0.4, 0.5) is 0 Å². The summed E-state index contributed by atoms with van der Waals surface area (Å²) < 4.78 is 5.04. The Morgan fingerprint density at radius 3 is 2.42 bits per heavy atom. The number of carbonyl (C=O) groups excluding carboxylic acids is 2. The molecule has 0 spiro atoms. The Kier molecular flexibility index (Phi) is 2.50. The topological polar surface area (TPSA) is 43.4 Å². The fourth-order valence-electron chi connectivity index (χ4n) is 1.35. The Hall–Kier alpha value is -0.860. The van der Waals surface area contributed by atoms with Crippen molar-refractivity contribution in [2.45, 2.75) is 33.3 Å². The van der Waals surface area contributed by atoms with E-state index in [4.69, 9.17) is 4.74 Å². The van der Waals surface area contributed by atoms with Crippen LogP contribution in [0, 0.1) is 11.8 Å². The molecule has 1 aliphatic rings. The molecule has 0 aliphatic carbocycles. The minimum absolute atomic E-state index is 0.0635. The molecule has 0 saturated carbocycles. The molecule has 0 radical (unpaired) electrons. The van der Waals surface area contributed by atoms with Crippen LogP contribution in [0.25, 0.3) is 0 Å². The lowest BCUT2D eigenvalue weighted by Gasteiger charge is -2.11. The number of Topliss-reactive ketones (excluding diaryl/α,β-unsaturated/α-hetero) is 1. The first-order chi connectivity index (χ1) is 5.52. The first kappa shape index (κ1) is 9.23. The molecule has 12 heavy (non-hydrogen) atoms. The fraction of sp³-hybridized carbons (Fsp3) is 0.778. The highest BCUT2D eigenvalue weighted by Gasteiger charge is 2.38. The van der Waals surface area contributed by atoms with Crippen LogP contribution < -0.4 is 0 Å². The molecule has 3 nitrogen and oxygen atoms in total. The molecule has 1 heterocycles. The minimum atomic E-state index is -0.502. The molecule has 1 rings (SSSR count). The van der Waals surface area contributed by atoms with Crippen LogP contribution >= 0.6 is 0 Å². The van der Waals surface area contributed by atoms with Gasteiger partial charge in [0.15, 0.2) is 0 Å². The van der Waals surface area contributed by atoms with E-state index >= 15 is 0 Å². The van der Waals surface area contributed by atoms with Crippen molar-refractivity contribution in [2.75, 3.05) is 0 Å². The number of hydrogen-bond acceptors (Lipinski definition) is 3. The second kappa shape index (κ2) is 3.25. The fourth-order valence-corrected chi connectivity index (χ4v) is 1.35. The number of rotatable bonds is 2. The summed E-state index contributed by atoms with van der Waals surface area (Å²) in [4.78, 5) is 22.0. The van der Waals surface area contributed by atoms with Gasteiger partial charge in [-0.25, -0.2) is 0 Å². The summed E-state index contributed by atoms with van der Waals surface area (Å²) >= 11 is 0. The monoisotopic (exact) mass is 170 g/mol. The van der Waals surface area contributed by atoms with E-state index in [-0.39, 0.29) is 17.9 Å². The second-order valence-electron chi connectivity index (χ2n) is 3.62. The zero-order valence-corrected chi connectivity index (χ0v) is 7.66. The first-order valence-electron chi connectivity index (χ1n) is 4.23. The molecular formula is C9H14O3. The summed E-state index contributed by atoms with van der Waals surface area (Å²) in [6.07, 6.45) is 0.498. The molecule has 1 aliphatic heterocycles. The maximum absolute atomic E-state index is 11.1. The number of hydrogen-bond donors (Lipinski definition) is 0. The van der Waals surface area contributed by atoms with E-state index < -0.39 is 5.92 Å². The molecule has 0 bridgehead atoms. The molecule has 2 atom stereocenters. The highest BCUT2D eigenvalue weighted by Crippen LogP contribution is 2.26. The van der Waals surface area contributed by atoms with E-state index in [2.05, 4.69) is 0 Å². The van der Waals surface area contributed by atoms with Gasteiger partial charge in [-0.3, -0.25) is 9.59 Å². The van der Waals surface area contributed by atoms with Gasteiger partial charge in [0.1, 0.15) is 17.8 Å². The lowest BCUT2D eigenvalue weighted by atomic mass is 9.96. The molecule has 3 heteroatoms. The zero-order valence-electron chi connectivity index (χ0n) is 7.66. The Labute approximate surface area is 72.1 Å². The van der Waals surface area contributed by atoms with Gasteiger partial charge in [-0.1, -0.05) is 13.8 Å². The number of carbonyl (C=O) groups is 2. The van der Waals surface area contributed by atoms with E-state index in [0.29, 0.717) is 12.3 Å². The molecule has 0 N–H and O–H groups in total. The van der Waals surface area contributed by atoms with E-state index in [1.165, 1.54) is 6.92 Å².